The average Bonchev–Trinajstić information content (AvgIpc) is 3.33. The van der Waals surface area contributed by atoms with Crippen LogP contribution >= 0.6 is 11.5 Å². The maximum absolute atomic E-state index is 13.1. The number of unbranched alkanes of at least 4 members (excludes halogenated alkanes) is 1. The van der Waals surface area contributed by atoms with Gasteiger partial charge in [-0.25, -0.2) is 4.98 Å². The van der Waals surface area contributed by atoms with Gasteiger partial charge in [0.05, 0.1) is 13.7 Å². The topological polar surface area (TPSA) is 67.8 Å². The van der Waals surface area contributed by atoms with Crippen LogP contribution in [0.25, 0.3) is 0 Å². The number of nitrogens with zero attached hydrogens (tertiary/aromatic N) is 4. The summed E-state index contributed by atoms with van der Waals surface area (Å²) < 4.78 is 15.6. The van der Waals surface area contributed by atoms with Crippen molar-refractivity contribution >= 4 is 22.6 Å². The van der Waals surface area contributed by atoms with Crippen LogP contribution in [0.2, 0.25) is 0 Å². The zero-order valence-corrected chi connectivity index (χ0v) is 20.9. The van der Waals surface area contributed by atoms with Crippen LogP contribution in [0.3, 0.4) is 0 Å². The number of hydrogen-bond donors (Lipinski definition) is 0. The van der Waals surface area contributed by atoms with Crippen molar-refractivity contribution in [1.29, 1.82) is 0 Å². The Bertz CT molecular complexity index is 1090. The summed E-state index contributed by atoms with van der Waals surface area (Å²) in [5.74, 6) is 2.51. The van der Waals surface area contributed by atoms with Crippen molar-refractivity contribution in [2.45, 2.75) is 39.2 Å². The van der Waals surface area contributed by atoms with Gasteiger partial charge in [0.15, 0.2) is 0 Å². The Morgan fingerprint density at radius 1 is 1.15 bits per heavy atom. The van der Waals surface area contributed by atoms with Crippen molar-refractivity contribution in [2.24, 2.45) is 0 Å². The molecule has 7 nitrogen and oxygen atoms in total. The summed E-state index contributed by atoms with van der Waals surface area (Å²) in [7, 11) is 1.67. The van der Waals surface area contributed by atoms with Gasteiger partial charge >= 0.3 is 0 Å². The molecule has 0 spiro atoms. The number of benzene rings is 2. The van der Waals surface area contributed by atoms with Gasteiger partial charge in [0.25, 0.3) is 5.91 Å². The molecule has 3 aromatic rings. The molecule has 34 heavy (non-hydrogen) atoms. The Morgan fingerprint density at radius 2 is 1.97 bits per heavy atom. The first-order valence-electron chi connectivity index (χ1n) is 11.8. The standard InChI is InChI=1S/C26H32N4O3S/c1-4-5-15-33-22-11-9-21(10-12-22)25(31)30-14-13-29(18-19(30)2)26-27-24(28-34-26)17-20-7-6-8-23(16-20)32-3/h6-12,16,19H,4-5,13-15,17-18H2,1-3H3. The molecule has 0 saturated carbocycles. The van der Waals surface area contributed by atoms with Crippen LogP contribution in [0, 0.1) is 0 Å². The Balaban J connectivity index is 1.34. The third-order valence-electron chi connectivity index (χ3n) is 5.98. The first kappa shape index (κ1) is 24.0. The lowest BCUT2D eigenvalue weighted by Gasteiger charge is -2.39. The predicted molar refractivity (Wildman–Crippen MR) is 135 cm³/mol. The number of methoxy groups -OCH3 is 1. The molecule has 1 aliphatic rings. The summed E-state index contributed by atoms with van der Waals surface area (Å²) >= 11 is 1.42. The van der Waals surface area contributed by atoms with E-state index in [1.165, 1.54) is 11.5 Å². The van der Waals surface area contributed by atoms with E-state index < -0.39 is 0 Å². The summed E-state index contributed by atoms with van der Waals surface area (Å²) in [6.07, 6.45) is 2.79. The molecule has 0 radical (unpaired) electrons. The number of amides is 1. The molecule has 1 fully saturated rings. The molecule has 1 atom stereocenters. The van der Waals surface area contributed by atoms with E-state index in [2.05, 4.69) is 29.2 Å². The van der Waals surface area contributed by atoms with Gasteiger partial charge in [0.2, 0.25) is 5.13 Å². The van der Waals surface area contributed by atoms with Crippen molar-refractivity contribution in [1.82, 2.24) is 14.3 Å². The van der Waals surface area contributed by atoms with Crippen molar-refractivity contribution in [3.8, 4) is 11.5 Å². The second-order valence-electron chi connectivity index (χ2n) is 8.54. The zero-order chi connectivity index (χ0) is 23.9. The highest BCUT2D eigenvalue weighted by Crippen LogP contribution is 2.24. The third-order valence-corrected chi connectivity index (χ3v) is 6.80. The number of carbonyl (C=O) groups excluding carboxylic acids is 1. The fraction of sp³-hybridized carbons (Fsp3) is 0.423. The predicted octanol–water partition coefficient (Wildman–Crippen LogP) is 4.67. The number of ether oxygens (including phenoxy) is 2. The van der Waals surface area contributed by atoms with E-state index in [1.54, 1.807) is 7.11 Å². The number of aromatic nitrogens is 2. The monoisotopic (exact) mass is 480 g/mol. The number of rotatable bonds is 9. The van der Waals surface area contributed by atoms with Crippen molar-refractivity contribution < 1.29 is 14.3 Å². The molecule has 1 unspecified atom stereocenters. The molecule has 8 heteroatoms. The molecule has 1 saturated heterocycles. The third kappa shape index (κ3) is 5.86. The number of carbonyl (C=O) groups is 1. The van der Waals surface area contributed by atoms with Gasteiger partial charge in [-0.3, -0.25) is 4.79 Å². The summed E-state index contributed by atoms with van der Waals surface area (Å²) in [5, 5.41) is 0.908. The summed E-state index contributed by atoms with van der Waals surface area (Å²) in [6, 6.07) is 15.5. The van der Waals surface area contributed by atoms with Crippen LogP contribution in [-0.4, -0.2) is 59.6 Å². The molecule has 0 bridgehead atoms. The van der Waals surface area contributed by atoms with Gasteiger partial charge in [-0.1, -0.05) is 25.5 Å². The molecule has 180 valence electrons. The first-order chi connectivity index (χ1) is 16.6. The smallest absolute Gasteiger partial charge is 0.254 e. The minimum absolute atomic E-state index is 0.0586. The highest BCUT2D eigenvalue weighted by Gasteiger charge is 2.29. The lowest BCUT2D eigenvalue weighted by atomic mass is 10.1. The van der Waals surface area contributed by atoms with Gasteiger partial charge in [-0.05, 0) is 55.3 Å². The second-order valence-corrected chi connectivity index (χ2v) is 9.27. The van der Waals surface area contributed by atoms with E-state index in [9.17, 15) is 4.79 Å². The highest BCUT2D eigenvalue weighted by atomic mass is 32.1. The molecule has 0 aliphatic carbocycles. The average molecular weight is 481 g/mol. The minimum Gasteiger partial charge on any atom is -0.497 e. The Hall–Kier alpha value is -3.13. The maximum atomic E-state index is 13.1. The van der Waals surface area contributed by atoms with Crippen LogP contribution in [-0.2, 0) is 6.42 Å². The number of anilines is 1. The molecular formula is C26H32N4O3S. The van der Waals surface area contributed by atoms with Crippen LogP contribution < -0.4 is 14.4 Å². The SMILES string of the molecule is CCCCOc1ccc(C(=O)N2CCN(c3nc(Cc4cccc(OC)c4)ns3)CC2C)cc1. The maximum Gasteiger partial charge on any atom is 0.254 e. The van der Waals surface area contributed by atoms with E-state index in [0.29, 0.717) is 25.1 Å². The van der Waals surface area contributed by atoms with E-state index in [0.717, 1.165) is 53.9 Å². The lowest BCUT2D eigenvalue weighted by Crippen LogP contribution is -2.54. The Labute approximate surface area is 205 Å². The fourth-order valence-electron chi connectivity index (χ4n) is 4.04. The van der Waals surface area contributed by atoms with Gasteiger partial charge in [-0.15, -0.1) is 0 Å². The Kier molecular flexibility index (Phi) is 8.00. The van der Waals surface area contributed by atoms with E-state index in [-0.39, 0.29) is 11.9 Å². The molecule has 2 aromatic carbocycles. The summed E-state index contributed by atoms with van der Waals surface area (Å²) in [6.45, 7) is 7.05. The first-order valence-corrected chi connectivity index (χ1v) is 12.6. The molecular weight excluding hydrogens is 448 g/mol. The molecule has 4 rings (SSSR count). The quantitative estimate of drug-likeness (QED) is 0.415. The normalized spacial score (nSPS) is 15.9. The lowest BCUT2D eigenvalue weighted by molar-refractivity contribution is 0.0674. The van der Waals surface area contributed by atoms with Gasteiger partial charge in [-0.2, -0.15) is 4.37 Å². The van der Waals surface area contributed by atoms with Gasteiger partial charge < -0.3 is 19.3 Å². The van der Waals surface area contributed by atoms with Gasteiger partial charge in [0, 0.05) is 49.2 Å². The minimum atomic E-state index is 0.0586. The molecule has 1 amide bonds. The zero-order valence-electron chi connectivity index (χ0n) is 20.1. The van der Waals surface area contributed by atoms with Crippen molar-refractivity contribution in [3.05, 3.63) is 65.5 Å². The Morgan fingerprint density at radius 3 is 2.71 bits per heavy atom. The van der Waals surface area contributed by atoms with Crippen LogP contribution in [0.15, 0.2) is 48.5 Å². The summed E-state index contributed by atoms with van der Waals surface area (Å²) in [5.41, 5.74) is 1.81. The van der Waals surface area contributed by atoms with Crippen molar-refractivity contribution in [2.75, 3.05) is 38.3 Å². The molecule has 1 aromatic heterocycles. The second kappa shape index (κ2) is 11.3. The van der Waals surface area contributed by atoms with Crippen LogP contribution in [0.1, 0.15) is 48.4 Å². The van der Waals surface area contributed by atoms with E-state index >= 15 is 0 Å². The molecule has 1 aliphatic heterocycles. The highest BCUT2D eigenvalue weighted by molar-refractivity contribution is 7.09. The number of hydrogen-bond acceptors (Lipinski definition) is 7. The largest absolute Gasteiger partial charge is 0.497 e. The molecule has 0 N–H and O–H groups in total. The van der Waals surface area contributed by atoms with Crippen molar-refractivity contribution in [3.63, 3.8) is 0 Å². The van der Waals surface area contributed by atoms with Crippen LogP contribution in [0.4, 0.5) is 5.13 Å². The van der Waals surface area contributed by atoms with E-state index in [1.807, 2.05) is 47.4 Å². The molecule has 2 heterocycles. The summed E-state index contributed by atoms with van der Waals surface area (Å²) in [4.78, 5) is 22.1. The van der Waals surface area contributed by atoms with Gasteiger partial charge in [0.1, 0.15) is 17.3 Å². The fourth-order valence-corrected chi connectivity index (χ4v) is 4.76. The van der Waals surface area contributed by atoms with E-state index in [4.69, 9.17) is 14.5 Å². The number of piperazine rings is 1. The van der Waals surface area contributed by atoms with Crippen LogP contribution in [0.5, 0.6) is 11.5 Å².